The van der Waals surface area contributed by atoms with Crippen molar-refractivity contribution in [1.82, 2.24) is 0 Å². The smallest absolute Gasteiger partial charge is 0.0552 e. The highest BCUT2D eigenvalue weighted by atomic mass is 32.2. The molecule has 10 heavy (non-hydrogen) atoms. The minimum Gasteiger partial charge on any atom is -0.384 e. The summed E-state index contributed by atoms with van der Waals surface area (Å²) in [4.78, 5) is 2.63. The van der Waals surface area contributed by atoms with Gasteiger partial charge >= 0.3 is 0 Å². The fourth-order valence-corrected chi connectivity index (χ4v) is 1.09. The normalized spacial score (nSPS) is 8.90. The molecule has 0 aromatic heterocycles. The number of azide groups is 1. The fourth-order valence-electron chi connectivity index (χ4n) is 0.394. The Bertz CT molecular complexity index is 113. The number of hydrogen-bond acceptors (Lipinski definition) is 3. The van der Waals surface area contributed by atoms with Crippen LogP contribution in [0.1, 0.15) is 0 Å². The average Bonchev–Trinajstić information content (AvgIpc) is 1.97. The first-order valence-electron chi connectivity index (χ1n) is 2.99. The predicted octanol–water partition coefficient (Wildman–Crippen LogP) is 1.68. The van der Waals surface area contributed by atoms with Crippen molar-refractivity contribution in [3.63, 3.8) is 0 Å². The van der Waals surface area contributed by atoms with Crippen LogP contribution in [0.4, 0.5) is 0 Å². The van der Waals surface area contributed by atoms with Gasteiger partial charge in [0.2, 0.25) is 0 Å². The Hall–Kier alpha value is -0.380. The van der Waals surface area contributed by atoms with Crippen molar-refractivity contribution in [3.05, 3.63) is 10.4 Å². The zero-order chi connectivity index (χ0) is 7.66. The summed E-state index contributed by atoms with van der Waals surface area (Å²) in [5.41, 5.74) is 7.89. The van der Waals surface area contributed by atoms with E-state index in [-0.39, 0.29) is 0 Å². The molecule has 0 radical (unpaired) electrons. The lowest BCUT2D eigenvalue weighted by molar-refractivity contribution is 0.218. The average molecular weight is 161 g/mol. The van der Waals surface area contributed by atoms with E-state index in [4.69, 9.17) is 10.3 Å². The Balaban J connectivity index is 2.83. The van der Waals surface area contributed by atoms with Gasteiger partial charge in [-0.15, -0.1) is 0 Å². The van der Waals surface area contributed by atoms with Crippen molar-refractivity contribution in [3.8, 4) is 0 Å². The highest BCUT2D eigenvalue weighted by molar-refractivity contribution is 7.99. The third-order valence-corrected chi connectivity index (χ3v) is 1.76. The molecule has 0 aliphatic rings. The van der Waals surface area contributed by atoms with E-state index in [1.165, 1.54) is 0 Å². The topological polar surface area (TPSA) is 58.0 Å². The van der Waals surface area contributed by atoms with Crippen LogP contribution in [0.15, 0.2) is 5.11 Å². The van der Waals surface area contributed by atoms with Crippen molar-refractivity contribution in [1.29, 1.82) is 0 Å². The molecule has 0 heterocycles. The quantitative estimate of drug-likeness (QED) is 0.257. The van der Waals surface area contributed by atoms with Gasteiger partial charge in [-0.25, -0.2) is 0 Å². The molecule has 0 aliphatic heterocycles. The summed E-state index contributed by atoms with van der Waals surface area (Å²) in [5.74, 6) is 1.85. The number of ether oxygens (including phenoxy) is 1. The van der Waals surface area contributed by atoms with Crippen molar-refractivity contribution < 1.29 is 4.74 Å². The Morgan fingerprint density at radius 1 is 1.60 bits per heavy atom. The van der Waals surface area contributed by atoms with Gasteiger partial charge in [-0.2, -0.15) is 11.8 Å². The van der Waals surface area contributed by atoms with Crippen LogP contribution in [-0.4, -0.2) is 31.8 Å². The Morgan fingerprint density at radius 2 is 2.40 bits per heavy atom. The van der Waals surface area contributed by atoms with Crippen LogP contribution in [0.3, 0.4) is 0 Å². The molecule has 0 fully saturated rings. The molecule has 0 aliphatic carbocycles. The van der Waals surface area contributed by atoms with E-state index in [1.54, 1.807) is 18.9 Å². The third kappa shape index (κ3) is 7.62. The van der Waals surface area contributed by atoms with Crippen molar-refractivity contribution in [2.24, 2.45) is 5.11 Å². The number of hydrogen-bond donors (Lipinski definition) is 0. The summed E-state index contributed by atoms with van der Waals surface area (Å²) in [5, 5.41) is 3.39. The lowest BCUT2D eigenvalue weighted by Crippen LogP contribution is -1.93. The maximum absolute atomic E-state index is 7.89. The zero-order valence-electron chi connectivity index (χ0n) is 5.99. The summed E-state index contributed by atoms with van der Waals surface area (Å²) >= 11 is 1.73. The molecule has 0 unspecified atom stereocenters. The first-order valence-corrected chi connectivity index (χ1v) is 4.15. The maximum Gasteiger partial charge on any atom is 0.0552 e. The van der Waals surface area contributed by atoms with E-state index in [2.05, 4.69) is 10.0 Å². The molecule has 4 nitrogen and oxygen atoms in total. The molecule has 0 aromatic carbocycles. The molecule has 0 rings (SSSR count). The van der Waals surface area contributed by atoms with Crippen LogP contribution in [0.25, 0.3) is 10.4 Å². The van der Waals surface area contributed by atoms with Gasteiger partial charge in [-0.1, -0.05) is 5.11 Å². The van der Waals surface area contributed by atoms with E-state index < -0.39 is 0 Å². The Labute approximate surface area is 64.6 Å². The minimum absolute atomic E-state index is 0.574. The van der Waals surface area contributed by atoms with Crippen molar-refractivity contribution >= 4 is 11.8 Å². The molecule has 58 valence electrons. The van der Waals surface area contributed by atoms with Crippen LogP contribution in [0.5, 0.6) is 0 Å². The van der Waals surface area contributed by atoms with E-state index in [1.807, 2.05) is 0 Å². The van der Waals surface area contributed by atoms with Gasteiger partial charge in [0.1, 0.15) is 0 Å². The molecular formula is C5H11N3OS. The van der Waals surface area contributed by atoms with Gasteiger partial charge in [0.05, 0.1) is 6.61 Å². The van der Waals surface area contributed by atoms with Crippen LogP contribution >= 0.6 is 11.8 Å². The second-order valence-corrected chi connectivity index (χ2v) is 2.78. The van der Waals surface area contributed by atoms with Crippen LogP contribution in [-0.2, 0) is 4.74 Å². The summed E-state index contributed by atoms with van der Waals surface area (Å²) in [6.45, 7) is 1.34. The molecule has 0 atom stereocenters. The standard InChI is InChI=1S/C5H11N3OS/c1-9-3-5-10-4-2-7-8-6/h2-5H2,1H3. The molecule has 0 aromatic rings. The number of methoxy groups -OCH3 is 1. The molecule has 0 bridgehead atoms. The highest BCUT2D eigenvalue weighted by Crippen LogP contribution is 1.98. The fraction of sp³-hybridized carbons (Fsp3) is 1.00. The second-order valence-electron chi connectivity index (χ2n) is 1.56. The zero-order valence-corrected chi connectivity index (χ0v) is 6.80. The third-order valence-electron chi connectivity index (χ3n) is 0.831. The SMILES string of the molecule is COCCSCCN=[N+]=[N-]. The van der Waals surface area contributed by atoms with E-state index in [0.29, 0.717) is 6.54 Å². The molecule has 5 heteroatoms. The molecule has 0 N–H and O–H groups in total. The van der Waals surface area contributed by atoms with Gasteiger partial charge in [-0.3, -0.25) is 0 Å². The van der Waals surface area contributed by atoms with E-state index >= 15 is 0 Å². The number of nitrogens with zero attached hydrogens (tertiary/aromatic N) is 3. The van der Waals surface area contributed by atoms with Crippen LogP contribution in [0.2, 0.25) is 0 Å². The lowest BCUT2D eigenvalue weighted by Gasteiger charge is -1.95. The predicted molar refractivity (Wildman–Crippen MR) is 43.2 cm³/mol. The van der Waals surface area contributed by atoms with Gasteiger partial charge in [-0.05, 0) is 11.3 Å². The maximum atomic E-state index is 7.89. The van der Waals surface area contributed by atoms with Gasteiger partial charge in [0.25, 0.3) is 0 Å². The molecule has 0 saturated heterocycles. The monoisotopic (exact) mass is 161 g/mol. The first-order chi connectivity index (χ1) is 4.91. The largest absolute Gasteiger partial charge is 0.384 e. The summed E-state index contributed by atoms with van der Waals surface area (Å²) in [6.07, 6.45) is 0. The van der Waals surface area contributed by atoms with Crippen LogP contribution < -0.4 is 0 Å². The van der Waals surface area contributed by atoms with Gasteiger partial charge in [0, 0.05) is 24.3 Å². The molecule has 0 spiro atoms. The number of thioether (sulfide) groups is 1. The van der Waals surface area contributed by atoms with Gasteiger partial charge < -0.3 is 4.74 Å². The van der Waals surface area contributed by atoms with Crippen molar-refractivity contribution in [2.45, 2.75) is 0 Å². The van der Waals surface area contributed by atoms with E-state index in [0.717, 1.165) is 18.1 Å². The Kier molecular flexibility index (Phi) is 8.29. The minimum atomic E-state index is 0.574. The highest BCUT2D eigenvalue weighted by Gasteiger charge is 1.85. The molecule has 0 amide bonds. The lowest BCUT2D eigenvalue weighted by atomic mass is 10.8. The Morgan fingerprint density at radius 3 is 3.00 bits per heavy atom. The number of rotatable bonds is 6. The summed E-state index contributed by atoms with van der Waals surface area (Å²) in [6, 6.07) is 0. The molecule has 0 saturated carbocycles. The molecular weight excluding hydrogens is 150 g/mol. The second kappa shape index (κ2) is 8.62. The van der Waals surface area contributed by atoms with Crippen molar-refractivity contribution in [2.75, 3.05) is 31.8 Å². The van der Waals surface area contributed by atoms with Crippen LogP contribution in [0, 0.1) is 0 Å². The van der Waals surface area contributed by atoms with E-state index in [9.17, 15) is 0 Å². The first kappa shape index (κ1) is 9.62. The van der Waals surface area contributed by atoms with Gasteiger partial charge in [0.15, 0.2) is 0 Å². The summed E-state index contributed by atoms with van der Waals surface area (Å²) in [7, 11) is 1.67. The summed E-state index contributed by atoms with van der Waals surface area (Å²) < 4.78 is 4.82.